The van der Waals surface area contributed by atoms with Gasteiger partial charge in [-0.3, -0.25) is 19.3 Å². The van der Waals surface area contributed by atoms with E-state index in [0.29, 0.717) is 22.8 Å². The van der Waals surface area contributed by atoms with Crippen molar-refractivity contribution in [1.82, 2.24) is 0 Å². The lowest BCUT2D eigenvalue weighted by Crippen LogP contribution is -2.52. The third kappa shape index (κ3) is 5.10. The molecule has 3 amide bonds. The van der Waals surface area contributed by atoms with E-state index in [1.165, 1.54) is 11.0 Å². The lowest BCUT2D eigenvalue weighted by Gasteiger charge is -2.35. The van der Waals surface area contributed by atoms with Gasteiger partial charge in [0.15, 0.2) is 0 Å². The summed E-state index contributed by atoms with van der Waals surface area (Å²) < 4.78 is 5.12. The minimum absolute atomic E-state index is 0.197. The van der Waals surface area contributed by atoms with Crippen LogP contribution in [0.25, 0.3) is 6.08 Å². The van der Waals surface area contributed by atoms with Gasteiger partial charge in [-0.05, 0) is 48.0 Å². The first-order valence-electron chi connectivity index (χ1n) is 10.5. The van der Waals surface area contributed by atoms with Gasteiger partial charge < -0.3 is 15.4 Å². The van der Waals surface area contributed by atoms with Gasteiger partial charge in [-0.1, -0.05) is 42.5 Å². The molecule has 0 radical (unpaired) electrons. The number of amides is 3. The van der Waals surface area contributed by atoms with Crippen molar-refractivity contribution in [3.63, 3.8) is 0 Å². The molecule has 0 saturated carbocycles. The highest BCUT2D eigenvalue weighted by Gasteiger charge is 2.37. The van der Waals surface area contributed by atoms with Crippen molar-refractivity contribution < 1.29 is 19.1 Å². The predicted molar refractivity (Wildman–Crippen MR) is 128 cm³/mol. The van der Waals surface area contributed by atoms with Gasteiger partial charge in [-0.2, -0.15) is 0 Å². The molecular weight excluding hydrogens is 418 g/mol. The molecular formula is C26H23N3O4. The van der Waals surface area contributed by atoms with Crippen molar-refractivity contribution in [3.05, 3.63) is 90.5 Å². The maximum absolute atomic E-state index is 13.2. The van der Waals surface area contributed by atoms with Crippen LogP contribution in [0, 0.1) is 0 Å². The van der Waals surface area contributed by atoms with Crippen molar-refractivity contribution in [3.8, 4) is 5.75 Å². The van der Waals surface area contributed by atoms with E-state index in [1.54, 1.807) is 61.7 Å². The second-order valence-corrected chi connectivity index (χ2v) is 7.46. The molecule has 1 aliphatic heterocycles. The Morgan fingerprint density at radius 3 is 2.42 bits per heavy atom. The van der Waals surface area contributed by atoms with Crippen LogP contribution in [0.3, 0.4) is 0 Å². The number of ether oxygens (including phenoxy) is 1. The van der Waals surface area contributed by atoms with E-state index in [9.17, 15) is 14.4 Å². The molecule has 0 aliphatic carbocycles. The fourth-order valence-corrected chi connectivity index (χ4v) is 3.62. The fraction of sp³-hybridized carbons (Fsp3) is 0.115. The number of benzene rings is 3. The molecule has 0 bridgehead atoms. The average molecular weight is 441 g/mol. The second-order valence-electron chi connectivity index (χ2n) is 7.46. The number of carbonyl (C=O) groups excluding carboxylic acids is 3. The quantitative estimate of drug-likeness (QED) is 0.564. The number of carbonyl (C=O) groups is 3. The normalized spacial score (nSPS) is 15.0. The predicted octanol–water partition coefficient (Wildman–Crippen LogP) is 4.09. The van der Waals surface area contributed by atoms with Gasteiger partial charge in [-0.15, -0.1) is 0 Å². The van der Waals surface area contributed by atoms with Crippen molar-refractivity contribution in [2.45, 2.75) is 12.5 Å². The van der Waals surface area contributed by atoms with Crippen molar-refractivity contribution in [2.75, 3.05) is 22.6 Å². The Balaban J connectivity index is 1.57. The van der Waals surface area contributed by atoms with Crippen molar-refractivity contribution >= 4 is 40.9 Å². The molecule has 166 valence electrons. The van der Waals surface area contributed by atoms with Gasteiger partial charge in [0.05, 0.1) is 24.9 Å². The lowest BCUT2D eigenvalue weighted by atomic mass is 10.0. The standard InChI is InChI=1S/C26H23N3O4/c1-33-20-14-12-19(13-15-20)27-24(30)17-23-26(32)28-21-9-5-6-10-22(21)29(23)25(31)16-11-18-7-3-2-4-8-18/h2-16,23H,17H2,1H3,(H,27,30)(H,28,32). The minimum atomic E-state index is -0.994. The van der Waals surface area contributed by atoms with E-state index in [0.717, 1.165) is 5.56 Å². The summed E-state index contributed by atoms with van der Waals surface area (Å²) in [5.74, 6) is -0.522. The highest BCUT2D eigenvalue weighted by atomic mass is 16.5. The molecule has 0 fully saturated rings. The number of hydrogen-bond donors (Lipinski definition) is 2. The first kappa shape index (κ1) is 21.8. The highest BCUT2D eigenvalue weighted by Crippen LogP contribution is 2.33. The molecule has 2 N–H and O–H groups in total. The van der Waals surface area contributed by atoms with Gasteiger partial charge in [0, 0.05) is 11.8 Å². The topological polar surface area (TPSA) is 87.7 Å². The van der Waals surface area contributed by atoms with Gasteiger partial charge in [-0.25, -0.2) is 0 Å². The number of anilines is 3. The Morgan fingerprint density at radius 1 is 1.00 bits per heavy atom. The van der Waals surface area contributed by atoms with Crippen LogP contribution in [0.15, 0.2) is 84.9 Å². The Kier molecular flexibility index (Phi) is 6.50. The smallest absolute Gasteiger partial charge is 0.251 e. The molecule has 1 heterocycles. The molecule has 0 aromatic heterocycles. The Bertz CT molecular complexity index is 1190. The Morgan fingerprint density at radius 2 is 1.70 bits per heavy atom. The summed E-state index contributed by atoms with van der Waals surface area (Å²) in [6.45, 7) is 0. The number of methoxy groups -OCH3 is 1. The van der Waals surface area contributed by atoms with E-state index < -0.39 is 11.9 Å². The molecule has 4 rings (SSSR count). The molecule has 0 spiro atoms. The summed E-state index contributed by atoms with van der Waals surface area (Å²) in [6.07, 6.45) is 2.90. The highest BCUT2D eigenvalue weighted by molar-refractivity contribution is 6.16. The van der Waals surface area contributed by atoms with E-state index >= 15 is 0 Å². The van der Waals surface area contributed by atoms with E-state index in [2.05, 4.69) is 10.6 Å². The van der Waals surface area contributed by atoms with Crippen molar-refractivity contribution in [2.24, 2.45) is 0 Å². The van der Waals surface area contributed by atoms with E-state index in [4.69, 9.17) is 4.74 Å². The Hall–Kier alpha value is -4.39. The number of nitrogens with one attached hydrogen (secondary N) is 2. The number of para-hydroxylation sites is 2. The van der Waals surface area contributed by atoms with Crippen LogP contribution in [0.5, 0.6) is 5.75 Å². The van der Waals surface area contributed by atoms with E-state index in [-0.39, 0.29) is 18.2 Å². The largest absolute Gasteiger partial charge is 0.497 e. The van der Waals surface area contributed by atoms with Gasteiger partial charge in [0.25, 0.3) is 5.91 Å². The molecule has 1 unspecified atom stereocenters. The Labute approximate surface area is 191 Å². The summed E-state index contributed by atoms with van der Waals surface area (Å²) in [4.78, 5) is 40.2. The average Bonchev–Trinajstić information content (AvgIpc) is 2.84. The maximum atomic E-state index is 13.2. The summed E-state index contributed by atoms with van der Waals surface area (Å²) in [5.41, 5.74) is 2.49. The fourth-order valence-electron chi connectivity index (χ4n) is 3.62. The van der Waals surface area contributed by atoms with Gasteiger partial charge >= 0.3 is 0 Å². The maximum Gasteiger partial charge on any atom is 0.251 e. The summed E-state index contributed by atoms with van der Waals surface area (Å²) >= 11 is 0. The van der Waals surface area contributed by atoms with Gasteiger partial charge in [0.1, 0.15) is 11.8 Å². The van der Waals surface area contributed by atoms with Crippen LogP contribution in [0.4, 0.5) is 17.1 Å². The van der Waals surface area contributed by atoms with Crippen LogP contribution in [0.2, 0.25) is 0 Å². The number of fused-ring (bicyclic) bond motifs is 1. The summed E-state index contributed by atoms with van der Waals surface area (Å²) in [5, 5.41) is 5.57. The summed E-state index contributed by atoms with van der Waals surface area (Å²) in [6, 6.07) is 22.3. The third-order valence-electron chi connectivity index (χ3n) is 5.24. The minimum Gasteiger partial charge on any atom is -0.497 e. The molecule has 33 heavy (non-hydrogen) atoms. The molecule has 3 aromatic rings. The molecule has 0 saturated heterocycles. The zero-order valence-corrected chi connectivity index (χ0v) is 18.0. The summed E-state index contributed by atoms with van der Waals surface area (Å²) in [7, 11) is 1.56. The number of rotatable bonds is 6. The van der Waals surface area contributed by atoms with Crippen LogP contribution < -0.4 is 20.3 Å². The van der Waals surface area contributed by atoms with Crippen molar-refractivity contribution in [1.29, 1.82) is 0 Å². The molecule has 1 aliphatic rings. The number of hydrogen-bond acceptors (Lipinski definition) is 4. The number of nitrogens with zero attached hydrogens (tertiary/aromatic N) is 1. The van der Waals surface area contributed by atoms with Crippen LogP contribution in [-0.4, -0.2) is 30.9 Å². The molecule has 7 heteroatoms. The second kappa shape index (κ2) is 9.82. The van der Waals surface area contributed by atoms with Gasteiger partial charge in [0.2, 0.25) is 11.8 Å². The van der Waals surface area contributed by atoms with Crippen LogP contribution in [0.1, 0.15) is 12.0 Å². The molecule has 3 aromatic carbocycles. The first-order chi connectivity index (χ1) is 16.0. The first-order valence-corrected chi connectivity index (χ1v) is 10.5. The van der Waals surface area contributed by atoms with Crippen LogP contribution >= 0.6 is 0 Å². The van der Waals surface area contributed by atoms with Crippen LogP contribution in [-0.2, 0) is 14.4 Å². The lowest BCUT2D eigenvalue weighted by molar-refractivity contribution is -0.124. The zero-order chi connectivity index (χ0) is 23.2. The molecule has 7 nitrogen and oxygen atoms in total. The zero-order valence-electron chi connectivity index (χ0n) is 18.0. The van der Waals surface area contributed by atoms with E-state index in [1.807, 2.05) is 30.3 Å². The monoisotopic (exact) mass is 441 g/mol. The molecule has 1 atom stereocenters. The third-order valence-corrected chi connectivity index (χ3v) is 5.24. The SMILES string of the molecule is COc1ccc(NC(=O)CC2C(=O)Nc3ccccc3N2C(=O)C=Cc2ccccc2)cc1.